The van der Waals surface area contributed by atoms with Crippen LogP contribution in [0.5, 0.6) is 0 Å². The minimum atomic E-state index is -0.570. The van der Waals surface area contributed by atoms with E-state index in [9.17, 15) is 9.59 Å². The van der Waals surface area contributed by atoms with Crippen molar-refractivity contribution in [3.05, 3.63) is 122 Å². The molecule has 5 nitrogen and oxygen atoms in total. The zero-order valence-corrected chi connectivity index (χ0v) is 42.9. The highest BCUT2D eigenvalue weighted by Gasteiger charge is 2.17. The van der Waals surface area contributed by atoms with Gasteiger partial charge in [0.2, 0.25) is 0 Å². The van der Waals surface area contributed by atoms with E-state index in [2.05, 4.69) is 142 Å². The Hall–Kier alpha value is -3.70. The molecule has 0 heterocycles. The SMILES string of the molecule is CC/C=C\C/C=C\C/C=C\C/C=C\C/C=C\CCCCCCOCC(COC(=O)CCCCCCCCC/C=C\C/C=C\C/C=C\CC)OC(=O)CCCCCCC/C=C\C/C=C\CCC. The molecule has 0 aromatic heterocycles. The van der Waals surface area contributed by atoms with Gasteiger partial charge in [-0.05, 0) is 122 Å². The number of hydrogen-bond donors (Lipinski definition) is 0. The lowest BCUT2D eigenvalue weighted by Gasteiger charge is -2.18. The van der Waals surface area contributed by atoms with Gasteiger partial charge in [0.05, 0.1) is 6.61 Å². The fourth-order valence-corrected chi connectivity index (χ4v) is 7.00. The molecule has 0 saturated heterocycles. The molecule has 0 fully saturated rings. The van der Waals surface area contributed by atoms with E-state index in [1.807, 2.05) is 0 Å². The molecule has 0 radical (unpaired) electrons. The summed E-state index contributed by atoms with van der Waals surface area (Å²) in [5.41, 5.74) is 0. The van der Waals surface area contributed by atoms with Gasteiger partial charge in [0, 0.05) is 19.4 Å². The van der Waals surface area contributed by atoms with Crippen LogP contribution < -0.4 is 0 Å². The van der Waals surface area contributed by atoms with Gasteiger partial charge in [-0.15, -0.1) is 0 Å². The van der Waals surface area contributed by atoms with E-state index in [0.717, 1.165) is 141 Å². The van der Waals surface area contributed by atoms with Crippen LogP contribution in [0.3, 0.4) is 0 Å². The van der Waals surface area contributed by atoms with Crippen LogP contribution in [0.1, 0.15) is 226 Å². The van der Waals surface area contributed by atoms with Crippen molar-refractivity contribution in [3.8, 4) is 0 Å². The number of unbranched alkanes of at least 4 members (excludes halogenated alkanes) is 17. The lowest BCUT2D eigenvalue weighted by molar-refractivity contribution is -0.163. The summed E-state index contributed by atoms with van der Waals surface area (Å²) in [6.07, 6.45) is 77.8. The molecule has 0 rings (SSSR count). The maximum atomic E-state index is 12.8. The largest absolute Gasteiger partial charge is 0.462 e. The molecule has 5 heteroatoms. The van der Waals surface area contributed by atoms with Crippen molar-refractivity contribution in [2.45, 2.75) is 232 Å². The first kappa shape index (κ1) is 62.3. The number of allylic oxidation sites excluding steroid dienone is 20. The Kier molecular flexibility index (Phi) is 52.5. The molecule has 0 aliphatic rings. The lowest BCUT2D eigenvalue weighted by atomic mass is 10.1. The van der Waals surface area contributed by atoms with Crippen LogP contribution in [0, 0.1) is 0 Å². The molecule has 66 heavy (non-hydrogen) atoms. The van der Waals surface area contributed by atoms with Crippen LogP contribution in [0.15, 0.2) is 122 Å². The van der Waals surface area contributed by atoms with Gasteiger partial charge in [-0.1, -0.05) is 213 Å². The molecule has 0 aromatic rings. The monoisotopic (exact) mass is 913 g/mol. The molecule has 0 aliphatic heterocycles. The van der Waals surface area contributed by atoms with E-state index < -0.39 is 6.10 Å². The lowest BCUT2D eigenvalue weighted by Crippen LogP contribution is -2.30. The fraction of sp³-hybridized carbons (Fsp3) is 0.639. The van der Waals surface area contributed by atoms with Gasteiger partial charge in [0.1, 0.15) is 6.61 Å². The van der Waals surface area contributed by atoms with Gasteiger partial charge in [-0.3, -0.25) is 9.59 Å². The molecule has 1 atom stereocenters. The molecule has 0 aliphatic carbocycles. The van der Waals surface area contributed by atoms with Crippen molar-refractivity contribution >= 4 is 11.9 Å². The number of esters is 2. The number of carbonyl (C=O) groups is 2. The number of ether oxygens (including phenoxy) is 3. The third kappa shape index (κ3) is 52.9. The average molecular weight is 913 g/mol. The molecule has 0 amide bonds. The Bertz CT molecular complexity index is 1350. The van der Waals surface area contributed by atoms with Crippen LogP contribution in [0.4, 0.5) is 0 Å². The van der Waals surface area contributed by atoms with Crippen LogP contribution in [-0.2, 0) is 23.8 Å². The summed E-state index contributed by atoms with van der Waals surface area (Å²) in [6, 6.07) is 0. The van der Waals surface area contributed by atoms with Gasteiger partial charge in [0.15, 0.2) is 6.10 Å². The van der Waals surface area contributed by atoms with E-state index in [-0.39, 0.29) is 25.2 Å². The maximum Gasteiger partial charge on any atom is 0.306 e. The minimum Gasteiger partial charge on any atom is -0.462 e. The van der Waals surface area contributed by atoms with Crippen molar-refractivity contribution in [1.82, 2.24) is 0 Å². The first-order valence-electron chi connectivity index (χ1n) is 27.1. The minimum absolute atomic E-state index is 0.0563. The van der Waals surface area contributed by atoms with Gasteiger partial charge in [-0.2, -0.15) is 0 Å². The van der Waals surface area contributed by atoms with Gasteiger partial charge >= 0.3 is 11.9 Å². The normalized spacial score (nSPS) is 13.2. The topological polar surface area (TPSA) is 61.8 Å². The Labute approximate surface area is 407 Å². The van der Waals surface area contributed by atoms with Crippen LogP contribution in [-0.4, -0.2) is 37.9 Å². The molecule has 0 saturated carbocycles. The molecule has 1 unspecified atom stereocenters. The van der Waals surface area contributed by atoms with E-state index in [0.29, 0.717) is 19.4 Å². The Balaban J connectivity index is 4.37. The summed E-state index contributed by atoms with van der Waals surface area (Å²) >= 11 is 0. The predicted molar refractivity (Wildman–Crippen MR) is 288 cm³/mol. The van der Waals surface area contributed by atoms with Gasteiger partial charge in [0.25, 0.3) is 0 Å². The van der Waals surface area contributed by atoms with E-state index in [1.165, 1.54) is 51.4 Å². The highest BCUT2D eigenvalue weighted by atomic mass is 16.6. The third-order valence-corrected chi connectivity index (χ3v) is 10.9. The molecule has 374 valence electrons. The van der Waals surface area contributed by atoms with Crippen LogP contribution in [0.2, 0.25) is 0 Å². The standard InChI is InChI=1S/C61H100O5/c1-4-7-10-13-16-19-22-25-27-29-30-31-33-35-38-41-44-47-50-53-56-64-57-59(66-61(63)55-52-49-46-43-40-36-24-21-18-15-12-9-6-3)58-65-60(62)54-51-48-45-42-39-37-34-32-28-26-23-20-17-14-11-8-5-2/h7-8,10-12,15-17,19-21,24-28,30-31,35,38,59H,4-6,9,13-14,18,22-23,29,32-34,36-37,39-58H2,1-3H3/b10-7-,11-8-,15-12-,19-16-,20-17-,24-21-,27-25-,28-26-,31-30-,38-35-. The van der Waals surface area contributed by atoms with Crippen molar-refractivity contribution in [3.63, 3.8) is 0 Å². The fourth-order valence-electron chi connectivity index (χ4n) is 7.00. The van der Waals surface area contributed by atoms with Crippen LogP contribution >= 0.6 is 0 Å². The van der Waals surface area contributed by atoms with Crippen molar-refractivity contribution in [1.29, 1.82) is 0 Å². The molecular weight excluding hydrogens is 813 g/mol. The predicted octanol–water partition coefficient (Wildman–Crippen LogP) is 18.6. The summed E-state index contributed by atoms with van der Waals surface area (Å²) in [5.74, 6) is -0.446. The second-order valence-corrected chi connectivity index (χ2v) is 17.4. The third-order valence-electron chi connectivity index (χ3n) is 10.9. The zero-order valence-electron chi connectivity index (χ0n) is 42.9. The first-order chi connectivity index (χ1) is 32.6. The smallest absolute Gasteiger partial charge is 0.306 e. The molecule has 0 spiro atoms. The first-order valence-corrected chi connectivity index (χ1v) is 27.1. The number of hydrogen-bond acceptors (Lipinski definition) is 5. The van der Waals surface area contributed by atoms with Crippen LogP contribution in [0.25, 0.3) is 0 Å². The Morgan fingerprint density at radius 1 is 0.348 bits per heavy atom. The molecule has 0 N–H and O–H groups in total. The molecular formula is C61H100O5. The second kappa shape index (κ2) is 55.6. The number of rotatable bonds is 48. The maximum absolute atomic E-state index is 12.8. The van der Waals surface area contributed by atoms with Crippen molar-refractivity contribution < 1.29 is 23.8 Å². The summed E-state index contributed by atoms with van der Waals surface area (Å²) in [7, 11) is 0. The second-order valence-electron chi connectivity index (χ2n) is 17.4. The highest BCUT2D eigenvalue weighted by molar-refractivity contribution is 5.70. The zero-order chi connectivity index (χ0) is 47.7. The van der Waals surface area contributed by atoms with E-state index in [1.54, 1.807) is 0 Å². The summed E-state index contributed by atoms with van der Waals surface area (Å²) in [6.45, 7) is 7.45. The highest BCUT2D eigenvalue weighted by Crippen LogP contribution is 2.13. The van der Waals surface area contributed by atoms with Gasteiger partial charge in [-0.25, -0.2) is 0 Å². The quantitative estimate of drug-likeness (QED) is 0.0346. The van der Waals surface area contributed by atoms with E-state index in [4.69, 9.17) is 14.2 Å². The van der Waals surface area contributed by atoms with E-state index >= 15 is 0 Å². The van der Waals surface area contributed by atoms with Crippen molar-refractivity contribution in [2.75, 3.05) is 19.8 Å². The Morgan fingerprint density at radius 3 is 1.09 bits per heavy atom. The Morgan fingerprint density at radius 2 is 0.682 bits per heavy atom. The summed E-state index contributed by atoms with van der Waals surface area (Å²) < 4.78 is 17.4. The van der Waals surface area contributed by atoms with Gasteiger partial charge < -0.3 is 14.2 Å². The molecule has 0 aromatic carbocycles. The number of carbonyl (C=O) groups excluding carboxylic acids is 2. The summed E-state index contributed by atoms with van der Waals surface area (Å²) in [4.78, 5) is 25.4. The average Bonchev–Trinajstić information content (AvgIpc) is 3.32. The molecule has 0 bridgehead atoms. The summed E-state index contributed by atoms with van der Waals surface area (Å²) in [5, 5.41) is 0. The van der Waals surface area contributed by atoms with Crippen molar-refractivity contribution in [2.24, 2.45) is 0 Å².